The van der Waals surface area contributed by atoms with Crippen LogP contribution in [-0.4, -0.2) is 32.6 Å². The van der Waals surface area contributed by atoms with E-state index in [4.69, 9.17) is 0 Å². The summed E-state index contributed by atoms with van der Waals surface area (Å²) in [4.78, 5) is 12.2. The van der Waals surface area contributed by atoms with Crippen LogP contribution >= 0.6 is 0 Å². The van der Waals surface area contributed by atoms with E-state index in [1.54, 1.807) is 0 Å². The molecule has 3 aromatic rings. The number of benzene rings is 1. The van der Waals surface area contributed by atoms with Gasteiger partial charge >= 0.3 is 0 Å². The third-order valence-electron chi connectivity index (χ3n) is 5.23. The molecule has 26 heavy (non-hydrogen) atoms. The van der Waals surface area contributed by atoms with E-state index in [1.807, 2.05) is 18.3 Å². The zero-order valence-electron chi connectivity index (χ0n) is 15.3. The minimum absolute atomic E-state index is 0.313. The van der Waals surface area contributed by atoms with Crippen molar-refractivity contribution in [1.29, 1.82) is 0 Å². The van der Waals surface area contributed by atoms with E-state index in [0.717, 1.165) is 53.9 Å². The summed E-state index contributed by atoms with van der Waals surface area (Å²) in [6.07, 6.45) is 8.64. The molecule has 0 aliphatic carbocycles. The second-order valence-corrected chi connectivity index (χ2v) is 7.21. The Labute approximate surface area is 153 Å². The molecular weight excluding hydrogens is 324 g/mol. The van der Waals surface area contributed by atoms with Gasteiger partial charge in [0, 0.05) is 24.2 Å². The summed E-state index contributed by atoms with van der Waals surface area (Å²) >= 11 is 0. The largest absolute Gasteiger partial charge is 0.508 e. The van der Waals surface area contributed by atoms with Gasteiger partial charge in [0.1, 0.15) is 11.6 Å². The third kappa shape index (κ3) is 3.73. The Balaban J connectivity index is 1.56. The van der Waals surface area contributed by atoms with Crippen molar-refractivity contribution in [2.45, 2.75) is 51.5 Å². The molecule has 1 aliphatic heterocycles. The van der Waals surface area contributed by atoms with Crippen molar-refractivity contribution >= 4 is 11.2 Å². The van der Waals surface area contributed by atoms with Gasteiger partial charge in [-0.25, -0.2) is 9.97 Å². The number of pyridine rings is 1. The van der Waals surface area contributed by atoms with E-state index >= 15 is 0 Å². The molecule has 5 nitrogen and oxygen atoms in total. The Morgan fingerprint density at radius 2 is 2.08 bits per heavy atom. The molecule has 0 spiro atoms. The molecular formula is C21H26N4O. The molecule has 4 rings (SSSR count). The van der Waals surface area contributed by atoms with E-state index in [0.29, 0.717) is 11.8 Å². The topological polar surface area (TPSA) is 73.8 Å². The highest BCUT2D eigenvalue weighted by Crippen LogP contribution is 2.28. The van der Waals surface area contributed by atoms with Gasteiger partial charge < -0.3 is 15.4 Å². The molecule has 0 radical (unpaired) electrons. The van der Waals surface area contributed by atoms with E-state index in [-0.39, 0.29) is 0 Å². The first kappa shape index (κ1) is 17.0. The van der Waals surface area contributed by atoms with Gasteiger partial charge in [-0.1, -0.05) is 19.4 Å². The minimum Gasteiger partial charge on any atom is -0.508 e. The predicted octanol–water partition coefficient (Wildman–Crippen LogP) is 3.97. The van der Waals surface area contributed by atoms with E-state index in [2.05, 4.69) is 39.3 Å². The maximum absolute atomic E-state index is 10.2. The normalized spacial score (nSPS) is 17.7. The van der Waals surface area contributed by atoms with Crippen molar-refractivity contribution in [3.05, 3.63) is 41.9 Å². The molecule has 0 bridgehead atoms. The van der Waals surface area contributed by atoms with Gasteiger partial charge in [-0.3, -0.25) is 0 Å². The van der Waals surface area contributed by atoms with Crippen LogP contribution in [0.3, 0.4) is 0 Å². The van der Waals surface area contributed by atoms with Crippen LogP contribution in [0.4, 0.5) is 0 Å². The van der Waals surface area contributed by atoms with Crippen molar-refractivity contribution in [3.8, 4) is 16.9 Å². The van der Waals surface area contributed by atoms with Gasteiger partial charge in [0.05, 0.1) is 5.52 Å². The Kier molecular flexibility index (Phi) is 4.89. The zero-order valence-corrected chi connectivity index (χ0v) is 15.3. The second-order valence-electron chi connectivity index (χ2n) is 7.21. The first-order chi connectivity index (χ1) is 12.7. The molecule has 1 saturated heterocycles. The Morgan fingerprint density at radius 1 is 1.15 bits per heavy atom. The molecule has 0 amide bonds. The van der Waals surface area contributed by atoms with Gasteiger partial charge in [-0.15, -0.1) is 0 Å². The summed E-state index contributed by atoms with van der Waals surface area (Å²) in [5.41, 5.74) is 4.85. The number of aromatic nitrogens is 3. The molecule has 3 heterocycles. The number of aromatic amines is 1. The standard InChI is InChI=1S/C21H26N4O/c1-2-20-24-19-12-16(13-23-21(19)25-20)15-9-14(10-18(26)11-15)6-7-17-5-3-4-8-22-17/h9-13,17,22,26H,2-8H2,1H3,(H,23,24,25). The lowest BCUT2D eigenvalue weighted by atomic mass is 9.96. The number of phenolic OH excluding ortho intramolecular Hbond substituents is 1. The van der Waals surface area contributed by atoms with Crippen molar-refractivity contribution < 1.29 is 5.11 Å². The smallest absolute Gasteiger partial charge is 0.177 e. The second kappa shape index (κ2) is 7.46. The van der Waals surface area contributed by atoms with Crippen LogP contribution in [0, 0.1) is 0 Å². The van der Waals surface area contributed by atoms with Gasteiger partial charge in [0.15, 0.2) is 5.65 Å². The average molecular weight is 350 g/mol. The SMILES string of the molecule is CCc1nc2ncc(-c3cc(O)cc(CCC4CCCCN4)c3)cc2[nH]1. The van der Waals surface area contributed by atoms with Crippen molar-refractivity contribution in [1.82, 2.24) is 20.3 Å². The van der Waals surface area contributed by atoms with Crippen LogP contribution in [-0.2, 0) is 12.8 Å². The summed E-state index contributed by atoms with van der Waals surface area (Å²) in [6, 6.07) is 8.52. The summed E-state index contributed by atoms with van der Waals surface area (Å²) in [6.45, 7) is 3.20. The number of hydrogen-bond donors (Lipinski definition) is 3. The number of phenols is 1. The quantitative estimate of drug-likeness (QED) is 0.651. The van der Waals surface area contributed by atoms with Crippen LogP contribution in [0.15, 0.2) is 30.5 Å². The molecule has 136 valence electrons. The first-order valence-electron chi connectivity index (χ1n) is 9.62. The number of nitrogens with one attached hydrogen (secondary N) is 2. The van der Waals surface area contributed by atoms with Gasteiger partial charge in [-0.05, 0) is 61.6 Å². The number of fused-ring (bicyclic) bond motifs is 1. The highest BCUT2D eigenvalue weighted by Gasteiger charge is 2.13. The molecule has 1 atom stereocenters. The molecule has 1 aromatic carbocycles. The lowest BCUT2D eigenvalue weighted by Crippen LogP contribution is -2.34. The van der Waals surface area contributed by atoms with Crippen molar-refractivity contribution in [2.24, 2.45) is 0 Å². The van der Waals surface area contributed by atoms with Crippen LogP contribution in [0.2, 0.25) is 0 Å². The van der Waals surface area contributed by atoms with E-state index < -0.39 is 0 Å². The van der Waals surface area contributed by atoms with E-state index in [1.165, 1.54) is 24.8 Å². The molecule has 3 N–H and O–H groups in total. The number of rotatable bonds is 5. The van der Waals surface area contributed by atoms with Crippen LogP contribution < -0.4 is 5.32 Å². The molecule has 1 fully saturated rings. The molecule has 0 saturated carbocycles. The fraction of sp³-hybridized carbons (Fsp3) is 0.429. The fourth-order valence-electron chi connectivity index (χ4n) is 3.77. The summed E-state index contributed by atoms with van der Waals surface area (Å²) in [7, 11) is 0. The number of nitrogens with zero attached hydrogens (tertiary/aromatic N) is 2. The van der Waals surface area contributed by atoms with Crippen LogP contribution in [0.5, 0.6) is 5.75 Å². The van der Waals surface area contributed by atoms with Crippen molar-refractivity contribution in [2.75, 3.05) is 6.54 Å². The zero-order chi connectivity index (χ0) is 17.9. The lowest BCUT2D eigenvalue weighted by Gasteiger charge is -2.23. The molecule has 5 heteroatoms. The predicted molar refractivity (Wildman–Crippen MR) is 104 cm³/mol. The first-order valence-corrected chi connectivity index (χ1v) is 9.62. The van der Waals surface area contributed by atoms with Crippen molar-refractivity contribution in [3.63, 3.8) is 0 Å². The highest BCUT2D eigenvalue weighted by atomic mass is 16.3. The number of imidazole rings is 1. The minimum atomic E-state index is 0.313. The van der Waals surface area contributed by atoms with Gasteiger partial charge in [0.2, 0.25) is 0 Å². The number of piperidine rings is 1. The number of H-pyrrole nitrogens is 1. The highest BCUT2D eigenvalue weighted by molar-refractivity contribution is 5.78. The van der Waals surface area contributed by atoms with Gasteiger partial charge in [-0.2, -0.15) is 0 Å². The number of aryl methyl sites for hydroxylation is 2. The van der Waals surface area contributed by atoms with Crippen LogP contribution in [0.1, 0.15) is 44.0 Å². The number of aromatic hydroxyl groups is 1. The summed E-state index contributed by atoms with van der Waals surface area (Å²) in [5, 5.41) is 13.8. The third-order valence-corrected chi connectivity index (χ3v) is 5.23. The van der Waals surface area contributed by atoms with E-state index in [9.17, 15) is 5.11 Å². The Hall–Kier alpha value is -2.40. The lowest BCUT2D eigenvalue weighted by molar-refractivity contribution is 0.382. The molecule has 2 aromatic heterocycles. The van der Waals surface area contributed by atoms with Gasteiger partial charge in [0.25, 0.3) is 0 Å². The Bertz CT molecular complexity index is 896. The fourth-order valence-corrected chi connectivity index (χ4v) is 3.77. The maximum atomic E-state index is 10.2. The number of hydrogen-bond acceptors (Lipinski definition) is 4. The monoisotopic (exact) mass is 350 g/mol. The molecule has 1 aliphatic rings. The average Bonchev–Trinajstić information content (AvgIpc) is 3.09. The summed E-state index contributed by atoms with van der Waals surface area (Å²) in [5.74, 6) is 1.26. The van der Waals surface area contributed by atoms with Crippen LogP contribution in [0.25, 0.3) is 22.3 Å². The molecule has 1 unspecified atom stereocenters. The Morgan fingerprint density at radius 3 is 2.88 bits per heavy atom. The maximum Gasteiger partial charge on any atom is 0.177 e. The summed E-state index contributed by atoms with van der Waals surface area (Å²) < 4.78 is 0.